The van der Waals surface area contributed by atoms with Crippen LogP contribution in [0.1, 0.15) is 16.0 Å². The third-order valence-electron chi connectivity index (χ3n) is 4.13. The number of hydrogen-bond acceptors (Lipinski definition) is 4. The largest absolute Gasteiger partial charge is 0.392 e. The molecule has 0 saturated carbocycles. The molecule has 106 valence electrons. The second-order valence-corrected chi connectivity index (χ2v) is 6.35. The molecule has 0 bridgehead atoms. The first-order valence-corrected chi connectivity index (χ1v) is 8.02. The predicted octanol–water partition coefficient (Wildman–Crippen LogP) is 3.35. The first-order chi connectivity index (χ1) is 10.4. The summed E-state index contributed by atoms with van der Waals surface area (Å²) in [6.07, 6.45) is 2.89. The number of benzene rings is 1. The molecule has 0 unspecified atom stereocenters. The molecule has 0 radical (unpaired) electrons. The number of aliphatic hydroxyl groups excluding tert-OH is 1. The van der Waals surface area contributed by atoms with Crippen molar-refractivity contribution in [2.24, 2.45) is 0 Å². The summed E-state index contributed by atoms with van der Waals surface area (Å²) in [7, 11) is 0. The maximum absolute atomic E-state index is 9.49. The molecule has 4 heteroatoms. The summed E-state index contributed by atoms with van der Waals surface area (Å²) < 4.78 is 0. The van der Waals surface area contributed by atoms with Crippen LogP contribution in [0.4, 0.5) is 5.82 Å². The van der Waals surface area contributed by atoms with Crippen LogP contribution in [-0.2, 0) is 19.6 Å². The molecule has 1 N–H and O–H groups in total. The summed E-state index contributed by atoms with van der Waals surface area (Å²) >= 11 is 1.85. The van der Waals surface area contributed by atoms with Gasteiger partial charge in [-0.25, -0.2) is 4.98 Å². The molecule has 3 nitrogen and oxygen atoms in total. The maximum Gasteiger partial charge on any atom is 0.136 e. The van der Waals surface area contributed by atoms with Gasteiger partial charge in [0.05, 0.1) is 6.61 Å². The Morgan fingerprint density at radius 1 is 1.19 bits per heavy atom. The molecule has 2 aromatic heterocycles. The Morgan fingerprint density at radius 3 is 2.90 bits per heavy atom. The van der Waals surface area contributed by atoms with Crippen LogP contribution in [-0.4, -0.2) is 16.6 Å². The van der Waals surface area contributed by atoms with E-state index in [0.717, 1.165) is 41.7 Å². The molecule has 0 aliphatic carbocycles. The van der Waals surface area contributed by atoms with E-state index in [2.05, 4.69) is 33.5 Å². The summed E-state index contributed by atoms with van der Waals surface area (Å²) in [4.78, 5) is 8.48. The Hall–Kier alpha value is -1.91. The maximum atomic E-state index is 9.49. The molecule has 0 atom stereocenters. The lowest BCUT2D eigenvalue weighted by atomic mass is 10.1. The van der Waals surface area contributed by atoms with E-state index in [9.17, 15) is 5.11 Å². The average molecular weight is 296 g/mol. The van der Waals surface area contributed by atoms with Gasteiger partial charge in [-0.1, -0.05) is 24.3 Å². The third kappa shape index (κ3) is 2.11. The molecule has 0 saturated heterocycles. The van der Waals surface area contributed by atoms with Gasteiger partial charge in [0.15, 0.2) is 0 Å². The quantitative estimate of drug-likeness (QED) is 0.788. The van der Waals surface area contributed by atoms with Gasteiger partial charge in [-0.3, -0.25) is 0 Å². The third-order valence-corrected chi connectivity index (χ3v) is 5.16. The molecule has 4 rings (SSSR count). The number of aliphatic hydroxyl groups is 1. The van der Waals surface area contributed by atoms with E-state index in [-0.39, 0.29) is 6.61 Å². The number of anilines is 1. The molecule has 1 aliphatic heterocycles. The summed E-state index contributed by atoms with van der Waals surface area (Å²) in [5.74, 6) is 1.03. The zero-order chi connectivity index (χ0) is 14.2. The number of aromatic nitrogens is 1. The van der Waals surface area contributed by atoms with E-state index in [4.69, 9.17) is 0 Å². The van der Waals surface area contributed by atoms with Crippen molar-refractivity contribution in [2.45, 2.75) is 19.6 Å². The summed E-state index contributed by atoms with van der Waals surface area (Å²) in [5.41, 5.74) is 2.31. The van der Waals surface area contributed by atoms with E-state index in [1.54, 1.807) is 6.20 Å². The minimum Gasteiger partial charge on any atom is -0.392 e. The van der Waals surface area contributed by atoms with Gasteiger partial charge in [-0.15, -0.1) is 11.3 Å². The molecular weight excluding hydrogens is 280 g/mol. The molecule has 1 aliphatic rings. The Morgan fingerprint density at radius 2 is 2.05 bits per heavy atom. The van der Waals surface area contributed by atoms with Gasteiger partial charge < -0.3 is 10.0 Å². The highest BCUT2D eigenvalue weighted by Crippen LogP contribution is 2.32. The molecule has 1 aromatic carbocycles. The van der Waals surface area contributed by atoms with Crippen LogP contribution < -0.4 is 4.90 Å². The molecule has 21 heavy (non-hydrogen) atoms. The van der Waals surface area contributed by atoms with E-state index in [0.29, 0.717) is 0 Å². The molecule has 3 heterocycles. The Bertz CT molecular complexity index is 796. The first kappa shape index (κ1) is 12.8. The van der Waals surface area contributed by atoms with Crippen LogP contribution in [0.15, 0.2) is 41.9 Å². The van der Waals surface area contributed by atoms with E-state index >= 15 is 0 Å². The van der Waals surface area contributed by atoms with Crippen molar-refractivity contribution >= 4 is 27.9 Å². The predicted molar refractivity (Wildman–Crippen MR) is 86.7 cm³/mol. The number of hydrogen-bond donors (Lipinski definition) is 1. The highest BCUT2D eigenvalue weighted by Gasteiger charge is 2.20. The smallest absolute Gasteiger partial charge is 0.136 e. The minimum atomic E-state index is 0.0302. The van der Waals surface area contributed by atoms with E-state index in [1.807, 2.05) is 23.5 Å². The topological polar surface area (TPSA) is 36.4 Å². The van der Waals surface area contributed by atoms with Crippen molar-refractivity contribution in [2.75, 3.05) is 11.4 Å². The van der Waals surface area contributed by atoms with Crippen molar-refractivity contribution in [1.29, 1.82) is 0 Å². The van der Waals surface area contributed by atoms with Crippen LogP contribution in [0.3, 0.4) is 0 Å². The number of fused-ring (bicyclic) bond motifs is 2. The normalized spacial score (nSPS) is 14.4. The van der Waals surface area contributed by atoms with Gasteiger partial charge in [-0.2, -0.15) is 0 Å². The van der Waals surface area contributed by atoms with Crippen LogP contribution in [0.25, 0.3) is 10.8 Å². The minimum absolute atomic E-state index is 0.0302. The lowest BCUT2D eigenvalue weighted by molar-refractivity contribution is 0.283. The van der Waals surface area contributed by atoms with Crippen LogP contribution >= 0.6 is 11.3 Å². The Kier molecular flexibility index (Phi) is 3.13. The zero-order valence-electron chi connectivity index (χ0n) is 11.6. The fourth-order valence-electron chi connectivity index (χ4n) is 3.04. The van der Waals surface area contributed by atoms with Gasteiger partial charge in [0, 0.05) is 35.1 Å². The van der Waals surface area contributed by atoms with Gasteiger partial charge >= 0.3 is 0 Å². The standard InChI is InChI=1S/C17H16N2OS/c20-11-13-9-18-17(15-4-2-1-3-14(13)15)19-7-5-16-12(10-19)6-8-21-16/h1-4,6,8-9,20H,5,7,10-11H2. The number of thiophene rings is 1. The number of nitrogens with zero attached hydrogens (tertiary/aromatic N) is 2. The monoisotopic (exact) mass is 296 g/mol. The van der Waals surface area contributed by atoms with Crippen molar-refractivity contribution in [3.8, 4) is 0 Å². The number of pyridine rings is 1. The highest BCUT2D eigenvalue weighted by atomic mass is 32.1. The second-order valence-electron chi connectivity index (χ2n) is 5.35. The molecule has 3 aromatic rings. The van der Waals surface area contributed by atoms with Crippen molar-refractivity contribution in [3.63, 3.8) is 0 Å². The van der Waals surface area contributed by atoms with Crippen molar-refractivity contribution in [1.82, 2.24) is 4.98 Å². The average Bonchev–Trinajstić information content (AvgIpc) is 3.01. The molecule has 0 fully saturated rings. The van der Waals surface area contributed by atoms with Crippen molar-refractivity contribution in [3.05, 3.63) is 57.9 Å². The first-order valence-electron chi connectivity index (χ1n) is 7.14. The van der Waals surface area contributed by atoms with Gasteiger partial charge in [0.1, 0.15) is 5.82 Å². The summed E-state index contributed by atoms with van der Waals surface area (Å²) in [6, 6.07) is 10.4. The molecule has 0 amide bonds. The van der Waals surface area contributed by atoms with Crippen LogP contribution in [0.5, 0.6) is 0 Å². The fourth-order valence-corrected chi connectivity index (χ4v) is 3.93. The highest BCUT2D eigenvalue weighted by molar-refractivity contribution is 7.10. The van der Waals surface area contributed by atoms with Crippen molar-refractivity contribution < 1.29 is 5.11 Å². The number of rotatable bonds is 2. The Balaban J connectivity index is 1.81. The zero-order valence-corrected chi connectivity index (χ0v) is 12.4. The fraction of sp³-hybridized carbons (Fsp3) is 0.235. The second kappa shape index (κ2) is 5.13. The van der Waals surface area contributed by atoms with Gasteiger partial charge in [0.2, 0.25) is 0 Å². The van der Waals surface area contributed by atoms with Gasteiger partial charge in [-0.05, 0) is 28.8 Å². The SMILES string of the molecule is OCc1cnc(N2CCc3sccc3C2)c2ccccc12. The lowest BCUT2D eigenvalue weighted by Crippen LogP contribution is -2.30. The lowest BCUT2D eigenvalue weighted by Gasteiger charge is -2.29. The van der Waals surface area contributed by atoms with E-state index in [1.165, 1.54) is 10.4 Å². The van der Waals surface area contributed by atoms with Crippen LogP contribution in [0, 0.1) is 0 Å². The summed E-state index contributed by atoms with van der Waals surface area (Å²) in [6.45, 7) is 1.96. The molecular formula is C17H16N2OS. The van der Waals surface area contributed by atoms with Crippen LogP contribution in [0.2, 0.25) is 0 Å². The Labute approximate surface area is 127 Å². The van der Waals surface area contributed by atoms with E-state index < -0.39 is 0 Å². The molecule has 0 spiro atoms. The summed E-state index contributed by atoms with van der Waals surface area (Å²) in [5, 5.41) is 13.9. The van der Waals surface area contributed by atoms with Gasteiger partial charge in [0.25, 0.3) is 0 Å².